The molecule has 0 aromatic heterocycles. The van der Waals surface area contributed by atoms with E-state index in [0.29, 0.717) is 24.0 Å². The lowest BCUT2D eigenvalue weighted by Gasteiger charge is -2.22. The molecule has 4 N–H and O–H groups in total. The van der Waals surface area contributed by atoms with E-state index in [-0.39, 0.29) is 12.5 Å². The van der Waals surface area contributed by atoms with Crippen molar-refractivity contribution in [1.82, 2.24) is 5.32 Å². The van der Waals surface area contributed by atoms with Gasteiger partial charge in [-0.3, -0.25) is 4.79 Å². The molecule has 0 unspecified atom stereocenters. The van der Waals surface area contributed by atoms with Gasteiger partial charge in [-0.1, -0.05) is 19.9 Å². The number of benzene rings is 1. The Morgan fingerprint density at radius 3 is 2.70 bits per heavy atom. The molecule has 0 heterocycles. The first-order valence-electron chi connectivity index (χ1n) is 7.87. The standard InChI is InChI=1S/C18H28N2O3/c1-13(2)9-10-23-16-7-5-14(11-15(16)19)6-8-17(22)20-18(3,4)12-21/h5-8,11,13,21H,9-10,12,19H2,1-4H3,(H,20,22)/b8-6-. The number of ether oxygens (including phenoxy) is 1. The molecule has 1 rings (SSSR count). The van der Waals surface area contributed by atoms with Gasteiger partial charge in [0.15, 0.2) is 0 Å². The molecule has 0 aliphatic carbocycles. The van der Waals surface area contributed by atoms with E-state index in [2.05, 4.69) is 19.2 Å². The predicted octanol–water partition coefficient (Wildman–Crippen LogP) is 2.59. The third-order valence-corrected chi connectivity index (χ3v) is 3.27. The van der Waals surface area contributed by atoms with Gasteiger partial charge in [0.2, 0.25) is 5.91 Å². The van der Waals surface area contributed by atoms with Crippen molar-refractivity contribution in [2.75, 3.05) is 18.9 Å². The maximum atomic E-state index is 11.8. The van der Waals surface area contributed by atoms with Crippen molar-refractivity contribution < 1.29 is 14.6 Å². The number of amides is 1. The average Bonchev–Trinajstić information content (AvgIpc) is 2.46. The Morgan fingerprint density at radius 2 is 2.13 bits per heavy atom. The second-order valence-corrected chi connectivity index (χ2v) is 6.69. The van der Waals surface area contributed by atoms with Crippen molar-refractivity contribution in [3.63, 3.8) is 0 Å². The highest BCUT2D eigenvalue weighted by Crippen LogP contribution is 2.23. The molecule has 0 aliphatic rings. The first-order valence-corrected chi connectivity index (χ1v) is 7.87. The number of anilines is 1. The first kappa shape index (κ1) is 19.0. The molecule has 1 aromatic rings. The number of nitrogens with one attached hydrogen (secondary N) is 1. The predicted molar refractivity (Wildman–Crippen MR) is 94.1 cm³/mol. The summed E-state index contributed by atoms with van der Waals surface area (Å²) >= 11 is 0. The van der Waals surface area contributed by atoms with Crippen LogP contribution in [0.2, 0.25) is 0 Å². The highest BCUT2D eigenvalue weighted by molar-refractivity contribution is 5.92. The lowest BCUT2D eigenvalue weighted by atomic mass is 10.1. The molecule has 0 atom stereocenters. The fourth-order valence-electron chi connectivity index (χ4n) is 1.79. The Morgan fingerprint density at radius 1 is 1.43 bits per heavy atom. The van der Waals surface area contributed by atoms with Crippen LogP contribution in [0, 0.1) is 5.92 Å². The van der Waals surface area contributed by atoms with E-state index in [1.807, 2.05) is 12.1 Å². The van der Waals surface area contributed by atoms with Crippen LogP contribution in [-0.4, -0.2) is 29.8 Å². The molecular weight excluding hydrogens is 292 g/mol. The van der Waals surface area contributed by atoms with Crippen molar-refractivity contribution in [3.8, 4) is 5.75 Å². The van der Waals surface area contributed by atoms with Gasteiger partial charge in [-0.15, -0.1) is 0 Å². The summed E-state index contributed by atoms with van der Waals surface area (Å²) in [4.78, 5) is 11.8. The first-order chi connectivity index (χ1) is 10.7. The number of nitrogen functional groups attached to an aromatic ring is 1. The van der Waals surface area contributed by atoms with E-state index in [0.717, 1.165) is 12.0 Å². The van der Waals surface area contributed by atoms with E-state index >= 15 is 0 Å². The molecule has 0 radical (unpaired) electrons. The van der Waals surface area contributed by atoms with Gasteiger partial charge in [0.1, 0.15) is 5.75 Å². The SMILES string of the molecule is CC(C)CCOc1ccc(/C=C\C(=O)NC(C)(C)CO)cc1N. The Labute approximate surface area is 138 Å². The summed E-state index contributed by atoms with van der Waals surface area (Å²) in [6.45, 7) is 8.30. The van der Waals surface area contributed by atoms with E-state index in [9.17, 15) is 4.79 Å². The molecule has 128 valence electrons. The third-order valence-electron chi connectivity index (χ3n) is 3.27. The molecule has 5 nitrogen and oxygen atoms in total. The van der Waals surface area contributed by atoms with Crippen LogP contribution < -0.4 is 15.8 Å². The molecule has 0 aliphatic heterocycles. The van der Waals surface area contributed by atoms with E-state index < -0.39 is 5.54 Å². The van der Waals surface area contributed by atoms with Gasteiger partial charge in [0.05, 0.1) is 24.4 Å². The number of nitrogens with two attached hydrogens (primary N) is 1. The minimum absolute atomic E-state index is 0.123. The van der Waals surface area contributed by atoms with Crippen LogP contribution in [0.1, 0.15) is 39.7 Å². The third kappa shape index (κ3) is 7.19. The van der Waals surface area contributed by atoms with Gasteiger partial charge in [-0.05, 0) is 50.0 Å². The molecule has 0 spiro atoms. The van der Waals surface area contributed by atoms with Crippen molar-refractivity contribution in [1.29, 1.82) is 0 Å². The highest BCUT2D eigenvalue weighted by Gasteiger charge is 2.17. The summed E-state index contributed by atoms with van der Waals surface area (Å²) in [5, 5.41) is 11.8. The Balaban J connectivity index is 2.63. The zero-order chi connectivity index (χ0) is 17.5. The molecule has 23 heavy (non-hydrogen) atoms. The van der Waals surface area contributed by atoms with E-state index in [1.54, 1.807) is 26.0 Å². The smallest absolute Gasteiger partial charge is 0.244 e. The van der Waals surface area contributed by atoms with Crippen LogP contribution in [-0.2, 0) is 4.79 Å². The second kappa shape index (κ2) is 8.58. The van der Waals surface area contributed by atoms with Gasteiger partial charge in [-0.25, -0.2) is 0 Å². The van der Waals surface area contributed by atoms with Gasteiger partial charge >= 0.3 is 0 Å². The zero-order valence-electron chi connectivity index (χ0n) is 14.4. The van der Waals surface area contributed by atoms with Gasteiger partial charge in [-0.2, -0.15) is 0 Å². The van der Waals surface area contributed by atoms with Crippen molar-refractivity contribution in [3.05, 3.63) is 29.8 Å². The van der Waals surface area contributed by atoms with Crippen molar-refractivity contribution in [2.45, 2.75) is 39.7 Å². The number of hydrogen-bond donors (Lipinski definition) is 3. The lowest BCUT2D eigenvalue weighted by molar-refractivity contribution is -0.118. The number of aliphatic hydroxyl groups is 1. The average molecular weight is 320 g/mol. The largest absolute Gasteiger partial charge is 0.491 e. The van der Waals surface area contributed by atoms with Crippen LogP contribution in [0.25, 0.3) is 6.08 Å². The summed E-state index contributed by atoms with van der Waals surface area (Å²) in [6, 6.07) is 5.43. The van der Waals surface area contributed by atoms with Crippen molar-refractivity contribution in [2.24, 2.45) is 5.92 Å². The van der Waals surface area contributed by atoms with Crippen LogP contribution in [0.15, 0.2) is 24.3 Å². The highest BCUT2D eigenvalue weighted by atomic mass is 16.5. The fourth-order valence-corrected chi connectivity index (χ4v) is 1.79. The Hall–Kier alpha value is -2.01. The Kier molecular flexibility index (Phi) is 7.10. The molecular formula is C18H28N2O3. The minimum atomic E-state index is -0.644. The van der Waals surface area contributed by atoms with E-state index in [4.69, 9.17) is 15.6 Å². The van der Waals surface area contributed by atoms with Gasteiger partial charge in [0, 0.05) is 6.08 Å². The van der Waals surface area contributed by atoms with Gasteiger partial charge in [0.25, 0.3) is 0 Å². The summed E-state index contributed by atoms with van der Waals surface area (Å²) in [6.07, 6.45) is 4.07. The summed E-state index contributed by atoms with van der Waals surface area (Å²) in [7, 11) is 0. The second-order valence-electron chi connectivity index (χ2n) is 6.69. The summed E-state index contributed by atoms with van der Waals surface area (Å²) in [5.41, 5.74) is 6.69. The number of hydrogen-bond acceptors (Lipinski definition) is 4. The maximum Gasteiger partial charge on any atom is 0.244 e. The molecule has 0 saturated heterocycles. The summed E-state index contributed by atoms with van der Waals surface area (Å²) in [5.74, 6) is 0.980. The lowest BCUT2D eigenvalue weighted by Crippen LogP contribution is -2.45. The van der Waals surface area contributed by atoms with Crippen LogP contribution in [0.3, 0.4) is 0 Å². The summed E-state index contributed by atoms with van der Waals surface area (Å²) < 4.78 is 5.65. The molecule has 0 bridgehead atoms. The van der Waals surface area contributed by atoms with Crippen molar-refractivity contribution >= 4 is 17.7 Å². The molecule has 1 amide bonds. The zero-order valence-corrected chi connectivity index (χ0v) is 14.4. The topological polar surface area (TPSA) is 84.6 Å². The minimum Gasteiger partial charge on any atom is -0.491 e. The molecule has 1 aromatic carbocycles. The fraction of sp³-hybridized carbons (Fsp3) is 0.500. The quantitative estimate of drug-likeness (QED) is 0.508. The molecule has 0 fully saturated rings. The number of aliphatic hydroxyl groups excluding tert-OH is 1. The monoisotopic (exact) mass is 320 g/mol. The number of rotatable bonds is 8. The molecule has 5 heteroatoms. The molecule has 0 saturated carbocycles. The van der Waals surface area contributed by atoms with E-state index in [1.165, 1.54) is 6.08 Å². The Bertz CT molecular complexity index is 551. The normalized spacial score (nSPS) is 11.9. The van der Waals surface area contributed by atoms with Crippen LogP contribution in [0.4, 0.5) is 5.69 Å². The van der Waals surface area contributed by atoms with Crippen LogP contribution in [0.5, 0.6) is 5.75 Å². The van der Waals surface area contributed by atoms with Crippen LogP contribution >= 0.6 is 0 Å². The maximum absolute atomic E-state index is 11.8. The van der Waals surface area contributed by atoms with Gasteiger partial charge < -0.3 is 20.9 Å². The number of carbonyl (C=O) groups is 1. The number of carbonyl (C=O) groups excluding carboxylic acids is 1.